The number of carbonyl (C=O) groups excluding carboxylic acids is 1. The van der Waals surface area contributed by atoms with Gasteiger partial charge in [-0.1, -0.05) is 17.7 Å². The number of aryl methyl sites for hydroxylation is 3. The molecule has 20 heavy (non-hydrogen) atoms. The number of hydrogen-bond donors (Lipinski definition) is 0. The van der Waals surface area contributed by atoms with Gasteiger partial charge in [0, 0.05) is 17.6 Å². The summed E-state index contributed by atoms with van der Waals surface area (Å²) in [6.45, 7) is 13.1. The number of Topliss-reactive ketones (excluding diaryl/α,β-unsaturated/α-hetero) is 1. The van der Waals surface area contributed by atoms with Gasteiger partial charge in [-0.15, -0.1) is 0 Å². The molecule has 3 nitrogen and oxygen atoms in total. The fourth-order valence-electron chi connectivity index (χ4n) is 3.06. The van der Waals surface area contributed by atoms with Crippen molar-refractivity contribution in [3.8, 4) is 0 Å². The summed E-state index contributed by atoms with van der Waals surface area (Å²) in [6.07, 6.45) is 0. The smallest absolute Gasteiger partial charge is 0.177 e. The number of nitrogens with zero attached hydrogens (tertiary/aromatic N) is 1. The molecular weight excluding hydrogens is 250 g/mol. The summed E-state index contributed by atoms with van der Waals surface area (Å²) in [5.74, 6) is 0.218. The quantitative estimate of drug-likeness (QED) is 0.794. The molecule has 0 atom stereocenters. The summed E-state index contributed by atoms with van der Waals surface area (Å²) in [5, 5.41) is 0. The Labute approximate surface area is 121 Å². The molecule has 1 aromatic carbocycles. The van der Waals surface area contributed by atoms with Gasteiger partial charge in [0.05, 0.1) is 19.8 Å². The zero-order valence-corrected chi connectivity index (χ0v) is 13.2. The lowest BCUT2D eigenvalue weighted by atomic mass is 9.95. The Hall–Kier alpha value is -1.19. The Morgan fingerprint density at radius 3 is 2.40 bits per heavy atom. The van der Waals surface area contributed by atoms with E-state index in [1.165, 1.54) is 5.56 Å². The normalized spacial score (nSPS) is 19.1. The van der Waals surface area contributed by atoms with Gasteiger partial charge in [-0.25, -0.2) is 0 Å². The van der Waals surface area contributed by atoms with Crippen molar-refractivity contribution in [1.29, 1.82) is 0 Å². The highest BCUT2D eigenvalue weighted by atomic mass is 16.5. The number of hydrogen-bond acceptors (Lipinski definition) is 3. The van der Waals surface area contributed by atoms with Crippen LogP contribution in [0, 0.1) is 20.8 Å². The monoisotopic (exact) mass is 275 g/mol. The van der Waals surface area contributed by atoms with Crippen molar-refractivity contribution < 1.29 is 9.53 Å². The van der Waals surface area contributed by atoms with Gasteiger partial charge in [0.15, 0.2) is 5.78 Å². The van der Waals surface area contributed by atoms with E-state index in [9.17, 15) is 4.79 Å². The fraction of sp³-hybridized carbons (Fsp3) is 0.588. The highest BCUT2D eigenvalue weighted by Gasteiger charge is 2.32. The van der Waals surface area contributed by atoms with E-state index in [-0.39, 0.29) is 11.3 Å². The van der Waals surface area contributed by atoms with E-state index in [1.54, 1.807) is 0 Å². The van der Waals surface area contributed by atoms with Gasteiger partial charge in [0.25, 0.3) is 0 Å². The van der Waals surface area contributed by atoms with E-state index in [1.807, 2.05) is 13.8 Å². The minimum absolute atomic E-state index is 0.0690. The van der Waals surface area contributed by atoms with Crippen LogP contribution in [0.15, 0.2) is 12.1 Å². The van der Waals surface area contributed by atoms with Gasteiger partial charge in [-0.3, -0.25) is 9.69 Å². The fourth-order valence-corrected chi connectivity index (χ4v) is 3.06. The molecule has 2 rings (SSSR count). The van der Waals surface area contributed by atoms with Gasteiger partial charge in [0.2, 0.25) is 0 Å². The molecule has 0 amide bonds. The summed E-state index contributed by atoms with van der Waals surface area (Å²) < 4.78 is 5.51. The molecular formula is C17H25NO2. The van der Waals surface area contributed by atoms with Crippen LogP contribution < -0.4 is 0 Å². The van der Waals surface area contributed by atoms with Crippen LogP contribution in [0.4, 0.5) is 0 Å². The Morgan fingerprint density at radius 1 is 1.25 bits per heavy atom. The largest absolute Gasteiger partial charge is 0.378 e. The molecule has 1 aliphatic rings. The van der Waals surface area contributed by atoms with Crippen LogP contribution in [0.5, 0.6) is 0 Å². The van der Waals surface area contributed by atoms with Crippen molar-refractivity contribution in [2.75, 3.05) is 26.3 Å². The number of rotatable bonds is 3. The lowest BCUT2D eigenvalue weighted by Crippen LogP contribution is -2.54. The highest BCUT2D eigenvalue weighted by molar-refractivity contribution is 6.00. The van der Waals surface area contributed by atoms with Crippen LogP contribution in [0.25, 0.3) is 0 Å². The second kappa shape index (κ2) is 5.66. The van der Waals surface area contributed by atoms with Gasteiger partial charge >= 0.3 is 0 Å². The molecule has 1 fully saturated rings. The molecule has 0 aromatic heterocycles. The third kappa shape index (κ3) is 3.10. The molecule has 1 heterocycles. The second-order valence-corrected chi connectivity index (χ2v) is 6.48. The first-order chi connectivity index (χ1) is 9.31. The zero-order chi connectivity index (χ0) is 14.9. The third-order valence-corrected chi connectivity index (χ3v) is 4.11. The molecule has 0 spiro atoms. The predicted octanol–water partition coefficient (Wildman–Crippen LogP) is 2.91. The van der Waals surface area contributed by atoms with Crippen LogP contribution in [0.3, 0.4) is 0 Å². The number of ketones is 1. The van der Waals surface area contributed by atoms with E-state index < -0.39 is 0 Å². The standard InChI is InChI=1S/C17H25NO2/c1-12-8-13(2)16(14(3)9-12)15(19)10-18-6-7-20-11-17(18,4)5/h8-9H,6-7,10-11H2,1-5H3. The molecule has 1 aliphatic heterocycles. The third-order valence-electron chi connectivity index (χ3n) is 4.11. The van der Waals surface area contributed by atoms with Crippen LogP contribution in [0.1, 0.15) is 40.9 Å². The Morgan fingerprint density at radius 2 is 1.85 bits per heavy atom. The predicted molar refractivity (Wildman–Crippen MR) is 81.5 cm³/mol. The first-order valence-electron chi connectivity index (χ1n) is 7.25. The maximum Gasteiger partial charge on any atom is 0.177 e. The van der Waals surface area contributed by atoms with E-state index >= 15 is 0 Å². The zero-order valence-electron chi connectivity index (χ0n) is 13.2. The molecule has 0 aliphatic carbocycles. The van der Waals surface area contributed by atoms with Crippen molar-refractivity contribution in [1.82, 2.24) is 4.90 Å². The Balaban J connectivity index is 2.20. The summed E-state index contributed by atoms with van der Waals surface area (Å²) in [5.41, 5.74) is 4.19. The molecule has 0 unspecified atom stereocenters. The Bertz CT molecular complexity index is 497. The van der Waals surface area contributed by atoms with E-state index in [0.29, 0.717) is 19.8 Å². The van der Waals surface area contributed by atoms with Crippen LogP contribution >= 0.6 is 0 Å². The maximum absolute atomic E-state index is 12.7. The average molecular weight is 275 g/mol. The SMILES string of the molecule is Cc1cc(C)c(C(=O)CN2CCOCC2(C)C)c(C)c1. The molecule has 110 valence electrons. The molecule has 0 bridgehead atoms. The van der Waals surface area contributed by atoms with Crippen LogP contribution in [0.2, 0.25) is 0 Å². The number of benzene rings is 1. The van der Waals surface area contributed by atoms with Crippen molar-refractivity contribution in [2.45, 2.75) is 40.2 Å². The van der Waals surface area contributed by atoms with Crippen LogP contribution in [-0.2, 0) is 4.74 Å². The first kappa shape index (κ1) is 15.2. The second-order valence-electron chi connectivity index (χ2n) is 6.48. The topological polar surface area (TPSA) is 29.5 Å². The molecule has 0 radical (unpaired) electrons. The molecule has 3 heteroatoms. The van der Waals surface area contributed by atoms with Gasteiger partial charge < -0.3 is 4.74 Å². The van der Waals surface area contributed by atoms with E-state index in [4.69, 9.17) is 4.74 Å². The summed E-state index contributed by atoms with van der Waals surface area (Å²) in [6, 6.07) is 4.18. The summed E-state index contributed by atoms with van der Waals surface area (Å²) in [4.78, 5) is 14.9. The Kier molecular flexibility index (Phi) is 4.31. The average Bonchev–Trinajstić information content (AvgIpc) is 2.30. The van der Waals surface area contributed by atoms with E-state index in [2.05, 4.69) is 37.8 Å². The molecule has 1 saturated heterocycles. The number of morpholine rings is 1. The minimum atomic E-state index is -0.0690. The van der Waals surface area contributed by atoms with Gasteiger partial charge in [-0.2, -0.15) is 0 Å². The highest BCUT2D eigenvalue weighted by Crippen LogP contribution is 2.22. The van der Waals surface area contributed by atoms with Crippen LogP contribution in [-0.4, -0.2) is 42.5 Å². The lowest BCUT2D eigenvalue weighted by molar-refractivity contribution is -0.0467. The lowest BCUT2D eigenvalue weighted by Gasteiger charge is -2.41. The van der Waals surface area contributed by atoms with Crippen molar-refractivity contribution >= 4 is 5.78 Å². The van der Waals surface area contributed by atoms with Gasteiger partial charge in [0.1, 0.15) is 0 Å². The van der Waals surface area contributed by atoms with Crippen molar-refractivity contribution in [3.05, 3.63) is 34.4 Å². The van der Waals surface area contributed by atoms with Crippen molar-refractivity contribution in [3.63, 3.8) is 0 Å². The maximum atomic E-state index is 12.7. The van der Waals surface area contributed by atoms with Gasteiger partial charge in [-0.05, 0) is 45.7 Å². The number of carbonyl (C=O) groups is 1. The minimum Gasteiger partial charge on any atom is -0.378 e. The molecule has 1 aromatic rings. The van der Waals surface area contributed by atoms with E-state index in [0.717, 1.165) is 23.2 Å². The first-order valence-corrected chi connectivity index (χ1v) is 7.25. The number of ether oxygens (including phenoxy) is 1. The summed E-state index contributed by atoms with van der Waals surface area (Å²) in [7, 11) is 0. The molecule has 0 saturated carbocycles. The molecule has 0 N–H and O–H groups in total. The van der Waals surface area contributed by atoms with Crippen molar-refractivity contribution in [2.24, 2.45) is 0 Å². The summed E-state index contributed by atoms with van der Waals surface area (Å²) >= 11 is 0.